The molecule has 1 saturated heterocycles. The van der Waals surface area contributed by atoms with Gasteiger partial charge in [-0.2, -0.15) is 0 Å². The van der Waals surface area contributed by atoms with Crippen molar-refractivity contribution in [3.8, 4) is 11.5 Å². The summed E-state index contributed by atoms with van der Waals surface area (Å²) in [5.74, 6) is -1.04. The Balaban J connectivity index is 1.67. The molecule has 7 nitrogen and oxygen atoms in total. The second-order valence-corrected chi connectivity index (χ2v) is 9.26. The van der Waals surface area contributed by atoms with Gasteiger partial charge in [-0.15, -0.1) is 0 Å². The van der Waals surface area contributed by atoms with Gasteiger partial charge in [0.2, 0.25) is 0 Å². The van der Waals surface area contributed by atoms with Gasteiger partial charge < -0.3 is 9.47 Å². The van der Waals surface area contributed by atoms with Gasteiger partial charge in [-0.25, -0.2) is 9.69 Å². The number of carbonyl (C=O) groups excluding carboxylic acids is 3. The third kappa shape index (κ3) is 5.74. The first kappa shape index (κ1) is 26.5. The first-order valence-corrected chi connectivity index (χ1v) is 12.3. The number of benzene rings is 3. The predicted octanol–water partition coefficient (Wildman–Crippen LogP) is 6.60. The van der Waals surface area contributed by atoms with Crippen LogP contribution in [-0.2, 0) is 16.2 Å². The Morgan fingerprint density at radius 2 is 1.68 bits per heavy atom. The molecule has 0 aromatic heterocycles. The zero-order valence-corrected chi connectivity index (χ0v) is 22.1. The third-order valence-corrected chi connectivity index (χ3v) is 6.54. The fourth-order valence-corrected chi connectivity index (χ4v) is 4.26. The Bertz CT molecular complexity index is 1440. The van der Waals surface area contributed by atoms with Crippen LogP contribution in [0.3, 0.4) is 0 Å². The molecule has 0 spiro atoms. The van der Waals surface area contributed by atoms with Crippen LogP contribution >= 0.6 is 34.8 Å². The van der Waals surface area contributed by atoms with E-state index in [1.165, 1.54) is 18.2 Å². The van der Waals surface area contributed by atoms with Crippen LogP contribution in [0.25, 0.3) is 6.08 Å². The number of rotatable bonds is 7. The van der Waals surface area contributed by atoms with Crippen molar-refractivity contribution in [1.82, 2.24) is 5.32 Å². The summed E-state index contributed by atoms with van der Waals surface area (Å²) < 4.78 is 11.6. The molecule has 1 fully saturated rings. The van der Waals surface area contributed by atoms with Crippen LogP contribution in [0.2, 0.25) is 15.1 Å². The van der Waals surface area contributed by atoms with Crippen molar-refractivity contribution in [2.24, 2.45) is 0 Å². The lowest BCUT2D eigenvalue weighted by Gasteiger charge is -2.26. The average Bonchev–Trinajstić information content (AvgIpc) is 2.84. The molecule has 10 heteroatoms. The molecule has 1 aliphatic heterocycles. The SMILES string of the molecule is CCOc1cc(/C=C2/C(=O)NC(=O)N(c3ccc(C)c(Cl)c3)C2=O)cc(Cl)c1OCc1ccccc1Cl. The minimum atomic E-state index is -0.872. The van der Waals surface area contributed by atoms with Crippen LogP contribution in [0.5, 0.6) is 11.5 Å². The number of nitrogens with zero attached hydrogens (tertiary/aromatic N) is 1. The number of nitrogens with one attached hydrogen (secondary N) is 1. The molecule has 1 heterocycles. The van der Waals surface area contributed by atoms with Crippen LogP contribution in [-0.4, -0.2) is 24.5 Å². The van der Waals surface area contributed by atoms with Crippen molar-refractivity contribution < 1.29 is 23.9 Å². The van der Waals surface area contributed by atoms with Gasteiger partial charge >= 0.3 is 6.03 Å². The molecule has 0 bridgehead atoms. The van der Waals surface area contributed by atoms with Crippen LogP contribution in [0, 0.1) is 6.92 Å². The van der Waals surface area contributed by atoms with E-state index in [0.717, 1.165) is 16.0 Å². The Hall–Kier alpha value is -3.52. The van der Waals surface area contributed by atoms with E-state index in [4.69, 9.17) is 44.3 Å². The summed E-state index contributed by atoms with van der Waals surface area (Å²) in [4.78, 5) is 39.2. The molecular formula is C27H21Cl3N2O5. The summed E-state index contributed by atoms with van der Waals surface area (Å²) in [5.41, 5.74) is 1.90. The predicted molar refractivity (Wildman–Crippen MR) is 144 cm³/mol. The molecule has 1 N–H and O–H groups in total. The van der Waals surface area contributed by atoms with E-state index in [9.17, 15) is 14.4 Å². The zero-order valence-electron chi connectivity index (χ0n) is 19.8. The van der Waals surface area contributed by atoms with Gasteiger partial charge in [0, 0.05) is 15.6 Å². The Kier molecular flexibility index (Phi) is 8.07. The maximum absolute atomic E-state index is 13.2. The van der Waals surface area contributed by atoms with Crippen molar-refractivity contribution >= 4 is 64.4 Å². The number of barbiturate groups is 1. The molecular weight excluding hydrogens is 539 g/mol. The number of carbonyl (C=O) groups is 3. The molecule has 3 aromatic carbocycles. The first-order valence-electron chi connectivity index (χ1n) is 11.2. The number of ether oxygens (including phenoxy) is 2. The van der Waals surface area contributed by atoms with Gasteiger partial charge in [0.15, 0.2) is 11.5 Å². The second kappa shape index (κ2) is 11.3. The van der Waals surface area contributed by atoms with Crippen LogP contribution < -0.4 is 19.7 Å². The fourth-order valence-electron chi connectivity index (χ4n) is 3.62. The molecule has 0 radical (unpaired) electrons. The molecule has 190 valence electrons. The number of urea groups is 1. The molecule has 0 unspecified atom stereocenters. The van der Waals surface area contributed by atoms with E-state index in [2.05, 4.69) is 5.32 Å². The van der Waals surface area contributed by atoms with Crippen LogP contribution in [0.1, 0.15) is 23.6 Å². The van der Waals surface area contributed by atoms with Crippen molar-refractivity contribution in [3.63, 3.8) is 0 Å². The lowest BCUT2D eigenvalue weighted by Crippen LogP contribution is -2.54. The maximum atomic E-state index is 13.2. The van der Waals surface area contributed by atoms with Crippen molar-refractivity contribution in [2.75, 3.05) is 11.5 Å². The normalized spacial score (nSPS) is 14.7. The largest absolute Gasteiger partial charge is 0.490 e. The van der Waals surface area contributed by atoms with E-state index < -0.39 is 17.8 Å². The minimum absolute atomic E-state index is 0.150. The summed E-state index contributed by atoms with van der Waals surface area (Å²) in [6.45, 7) is 4.05. The summed E-state index contributed by atoms with van der Waals surface area (Å²) >= 11 is 18.9. The summed E-state index contributed by atoms with van der Waals surface area (Å²) in [6.07, 6.45) is 1.33. The highest BCUT2D eigenvalue weighted by Gasteiger charge is 2.37. The quantitative estimate of drug-likeness (QED) is 0.260. The molecule has 0 saturated carbocycles. The number of hydrogen-bond donors (Lipinski definition) is 1. The highest BCUT2D eigenvalue weighted by Crippen LogP contribution is 2.38. The highest BCUT2D eigenvalue weighted by atomic mass is 35.5. The molecule has 0 aliphatic carbocycles. The Morgan fingerprint density at radius 3 is 2.38 bits per heavy atom. The van der Waals surface area contributed by atoms with Gasteiger partial charge in [-0.1, -0.05) is 59.1 Å². The van der Waals surface area contributed by atoms with Gasteiger partial charge in [-0.05, 0) is 61.4 Å². The molecule has 37 heavy (non-hydrogen) atoms. The lowest BCUT2D eigenvalue weighted by molar-refractivity contribution is -0.122. The van der Waals surface area contributed by atoms with Crippen LogP contribution in [0.15, 0.2) is 60.2 Å². The molecule has 4 rings (SSSR count). The number of anilines is 1. The monoisotopic (exact) mass is 558 g/mol. The number of imide groups is 2. The van der Waals surface area contributed by atoms with Gasteiger partial charge in [0.25, 0.3) is 11.8 Å². The van der Waals surface area contributed by atoms with Gasteiger partial charge in [-0.3, -0.25) is 14.9 Å². The summed E-state index contributed by atoms with van der Waals surface area (Å²) in [5, 5.41) is 3.31. The number of aryl methyl sites for hydroxylation is 1. The average molecular weight is 560 g/mol. The van der Waals surface area contributed by atoms with E-state index in [0.29, 0.717) is 28.0 Å². The first-order chi connectivity index (χ1) is 17.7. The van der Waals surface area contributed by atoms with Crippen molar-refractivity contribution in [1.29, 1.82) is 0 Å². The molecule has 4 amide bonds. The smallest absolute Gasteiger partial charge is 0.335 e. The van der Waals surface area contributed by atoms with E-state index in [1.54, 1.807) is 38.1 Å². The number of amides is 4. The number of halogens is 3. The molecule has 0 atom stereocenters. The summed E-state index contributed by atoms with van der Waals surface area (Å²) in [7, 11) is 0. The molecule has 1 aliphatic rings. The van der Waals surface area contributed by atoms with E-state index >= 15 is 0 Å². The van der Waals surface area contributed by atoms with E-state index in [-0.39, 0.29) is 28.6 Å². The fraction of sp³-hybridized carbons (Fsp3) is 0.148. The standard InChI is InChI=1S/C27H21Cl3N2O5/c1-3-36-23-12-16(11-22(30)24(23)37-14-17-6-4-5-7-20(17)28)10-19-25(33)31-27(35)32(26(19)34)18-9-8-15(2)21(29)13-18/h4-13H,3,14H2,1-2H3,(H,31,33,35)/b19-10-. The van der Waals surface area contributed by atoms with Gasteiger partial charge in [0.1, 0.15) is 12.2 Å². The van der Waals surface area contributed by atoms with Crippen molar-refractivity contribution in [3.05, 3.63) is 91.9 Å². The second-order valence-electron chi connectivity index (χ2n) is 8.03. The van der Waals surface area contributed by atoms with Crippen molar-refractivity contribution in [2.45, 2.75) is 20.5 Å². The number of hydrogen-bond acceptors (Lipinski definition) is 5. The van der Waals surface area contributed by atoms with Crippen LogP contribution in [0.4, 0.5) is 10.5 Å². The van der Waals surface area contributed by atoms with Gasteiger partial charge in [0.05, 0.1) is 17.3 Å². The van der Waals surface area contributed by atoms with E-state index in [1.807, 2.05) is 18.2 Å². The highest BCUT2D eigenvalue weighted by molar-refractivity contribution is 6.40. The third-order valence-electron chi connectivity index (χ3n) is 5.49. The zero-order chi connectivity index (χ0) is 26.7. The molecule has 3 aromatic rings. The summed E-state index contributed by atoms with van der Waals surface area (Å²) in [6, 6.07) is 14.2. The maximum Gasteiger partial charge on any atom is 0.335 e. The Morgan fingerprint density at radius 1 is 0.919 bits per heavy atom. The minimum Gasteiger partial charge on any atom is -0.490 e. The lowest BCUT2D eigenvalue weighted by atomic mass is 10.1. The Labute approximate surface area is 228 Å². The topological polar surface area (TPSA) is 84.9 Å².